The summed E-state index contributed by atoms with van der Waals surface area (Å²) in [6.07, 6.45) is 2.21. The summed E-state index contributed by atoms with van der Waals surface area (Å²) in [6, 6.07) is 12.2. The Hall–Kier alpha value is -2.90. The molecule has 0 spiro atoms. The molecule has 0 saturated carbocycles. The molecule has 3 aromatic rings. The first kappa shape index (κ1) is 14.7. The maximum atomic E-state index is 5.49. The Bertz CT molecular complexity index is 834. The van der Waals surface area contributed by atoms with Gasteiger partial charge in [0, 0.05) is 19.1 Å². The summed E-state index contributed by atoms with van der Waals surface area (Å²) in [4.78, 5) is 2.36. The summed E-state index contributed by atoms with van der Waals surface area (Å²) in [5.41, 5.74) is 1.77. The van der Waals surface area contributed by atoms with Crippen molar-refractivity contribution in [2.45, 2.75) is 18.9 Å². The van der Waals surface area contributed by atoms with Gasteiger partial charge in [-0.05, 0) is 47.5 Å². The van der Waals surface area contributed by atoms with E-state index in [1.807, 2.05) is 30.3 Å². The minimum atomic E-state index is 0.310. The molecule has 4 rings (SSSR count). The Kier molecular flexibility index (Phi) is 3.86. The van der Waals surface area contributed by atoms with E-state index >= 15 is 0 Å². The Morgan fingerprint density at radius 2 is 2.12 bits per heavy atom. The third-order valence-corrected chi connectivity index (χ3v) is 4.27. The highest BCUT2D eigenvalue weighted by molar-refractivity contribution is 5.59. The molecular weight excluding hydrogens is 306 g/mol. The maximum absolute atomic E-state index is 5.49. The van der Waals surface area contributed by atoms with E-state index in [4.69, 9.17) is 4.74 Å². The summed E-state index contributed by atoms with van der Waals surface area (Å²) < 4.78 is 6.93. The number of aromatic nitrogens is 5. The number of fused-ring (bicyclic) bond motifs is 1. The van der Waals surface area contributed by atoms with E-state index in [9.17, 15) is 0 Å². The van der Waals surface area contributed by atoms with Gasteiger partial charge in [0.2, 0.25) is 0 Å². The van der Waals surface area contributed by atoms with Crippen LogP contribution in [0, 0.1) is 0 Å². The molecule has 8 heteroatoms. The molecule has 1 aliphatic heterocycles. The predicted molar refractivity (Wildman–Crippen MR) is 90.4 cm³/mol. The fraction of sp³-hybridized carbons (Fsp3) is 0.375. The van der Waals surface area contributed by atoms with E-state index in [2.05, 4.69) is 36.9 Å². The van der Waals surface area contributed by atoms with Crippen LogP contribution in [0.5, 0.6) is 5.75 Å². The third kappa shape index (κ3) is 2.82. The normalized spacial score (nSPS) is 17.9. The zero-order valence-corrected chi connectivity index (χ0v) is 13.5. The van der Waals surface area contributed by atoms with Crippen molar-refractivity contribution < 1.29 is 4.74 Å². The average molecular weight is 325 g/mol. The van der Waals surface area contributed by atoms with Crippen molar-refractivity contribution in [3.05, 3.63) is 36.4 Å². The molecule has 1 aromatic carbocycles. The summed E-state index contributed by atoms with van der Waals surface area (Å²) in [6.45, 7) is 1.92. The smallest absolute Gasteiger partial charge is 0.200 e. The molecule has 0 unspecified atom stereocenters. The summed E-state index contributed by atoms with van der Waals surface area (Å²) in [5.74, 6) is 1.69. The minimum Gasteiger partial charge on any atom is -0.495 e. The van der Waals surface area contributed by atoms with Crippen molar-refractivity contribution in [2.75, 3.05) is 30.4 Å². The minimum absolute atomic E-state index is 0.310. The number of hydrogen-bond donors (Lipinski definition) is 1. The van der Waals surface area contributed by atoms with Crippen LogP contribution in [0.2, 0.25) is 0 Å². The van der Waals surface area contributed by atoms with Gasteiger partial charge >= 0.3 is 0 Å². The van der Waals surface area contributed by atoms with Gasteiger partial charge in [-0.1, -0.05) is 12.1 Å². The third-order valence-electron chi connectivity index (χ3n) is 4.27. The highest BCUT2D eigenvalue weighted by Crippen LogP contribution is 2.30. The Morgan fingerprint density at radius 1 is 1.21 bits per heavy atom. The van der Waals surface area contributed by atoms with Crippen LogP contribution in [-0.2, 0) is 0 Å². The van der Waals surface area contributed by atoms with E-state index in [1.54, 1.807) is 7.11 Å². The van der Waals surface area contributed by atoms with Crippen LogP contribution >= 0.6 is 0 Å². The molecule has 2 aromatic heterocycles. The number of hydrogen-bond acceptors (Lipinski definition) is 7. The van der Waals surface area contributed by atoms with Gasteiger partial charge in [-0.3, -0.25) is 0 Å². The monoisotopic (exact) mass is 325 g/mol. The lowest BCUT2D eigenvalue weighted by Crippen LogP contribution is -2.42. The standard InChI is InChI=1S/C16H19N7O/c1-24-14-7-3-2-6-13(14)22-10-4-5-12(11-22)17-15-8-9-16-18-20-21-23(16)19-15/h2-3,6-9,12H,4-5,10-11H2,1H3,(H,17,19)/t12-/m0/s1. The number of benzene rings is 1. The number of anilines is 2. The van der Waals surface area contributed by atoms with Gasteiger partial charge in [-0.25, -0.2) is 0 Å². The lowest BCUT2D eigenvalue weighted by molar-refractivity contribution is 0.411. The van der Waals surface area contributed by atoms with Gasteiger partial charge in [0.1, 0.15) is 11.6 Å². The summed E-state index contributed by atoms with van der Waals surface area (Å²) in [7, 11) is 1.71. The van der Waals surface area contributed by atoms with Crippen LogP contribution in [0.25, 0.3) is 5.65 Å². The maximum Gasteiger partial charge on any atom is 0.200 e. The van der Waals surface area contributed by atoms with Gasteiger partial charge < -0.3 is 15.0 Å². The molecule has 3 heterocycles. The van der Waals surface area contributed by atoms with Crippen LogP contribution < -0.4 is 15.0 Å². The first-order chi connectivity index (χ1) is 11.8. The first-order valence-corrected chi connectivity index (χ1v) is 8.03. The van der Waals surface area contributed by atoms with Gasteiger partial charge in [0.15, 0.2) is 5.65 Å². The number of tetrazole rings is 1. The molecule has 1 aliphatic rings. The van der Waals surface area contributed by atoms with E-state index in [-0.39, 0.29) is 0 Å². The van der Waals surface area contributed by atoms with E-state index in [1.165, 1.54) is 4.63 Å². The van der Waals surface area contributed by atoms with Crippen molar-refractivity contribution in [3.8, 4) is 5.75 Å². The fourth-order valence-electron chi connectivity index (χ4n) is 3.14. The molecule has 1 fully saturated rings. The first-order valence-electron chi connectivity index (χ1n) is 8.03. The van der Waals surface area contributed by atoms with Crippen molar-refractivity contribution in [1.29, 1.82) is 0 Å². The molecule has 8 nitrogen and oxygen atoms in total. The number of nitrogens with one attached hydrogen (secondary N) is 1. The van der Waals surface area contributed by atoms with Crippen molar-refractivity contribution in [1.82, 2.24) is 25.3 Å². The quantitative estimate of drug-likeness (QED) is 0.780. The number of ether oxygens (including phenoxy) is 1. The van der Waals surface area contributed by atoms with Gasteiger partial charge in [0.25, 0.3) is 0 Å². The van der Waals surface area contributed by atoms with Gasteiger partial charge in [-0.2, -0.15) is 0 Å². The van der Waals surface area contributed by atoms with E-state index in [0.717, 1.165) is 43.2 Å². The van der Waals surface area contributed by atoms with Crippen LogP contribution in [0.1, 0.15) is 12.8 Å². The fourth-order valence-corrected chi connectivity index (χ4v) is 3.14. The lowest BCUT2D eigenvalue weighted by atomic mass is 10.0. The molecule has 1 saturated heterocycles. The zero-order valence-electron chi connectivity index (χ0n) is 13.5. The average Bonchev–Trinajstić information content (AvgIpc) is 3.10. The SMILES string of the molecule is COc1ccccc1N1CCC[C@H](Nc2ccc3nnnn3n2)C1. The van der Waals surface area contributed by atoms with Crippen LogP contribution in [0.3, 0.4) is 0 Å². The largest absolute Gasteiger partial charge is 0.495 e. The second-order valence-corrected chi connectivity index (χ2v) is 5.85. The summed E-state index contributed by atoms with van der Waals surface area (Å²) >= 11 is 0. The second-order valence-electron chi connectivity index (χ2n) is 5.85. The second kappa shape index (κ2) is 6.31. The van der Waals surface area contributed by atoms with Crippen molar-refractivity contribution in [2.24, 2.45) is 0 Å². The number of rotatable bonds is 4. The Labute approximate surface area is 139 Å². The molecule has 1 atom stereocenters. The number of para-hydroxylation sites is 2. The van der Waals surface area contributed by atoms with Crippen molar-refractivity contribution >= 4 is 17.2 Å². The number of nitrogens with zero attached hydrogens (tertiary/aromatic N) is 6. The van der Waals surface area contributed by atoms with Crippen LogP contribution in [0.15, 0.2) is 36.4 Å². The Morgan fingerprint density at radius 3 is 3.04 bits per heavy atom. The van der Waals surface area contributed by atoms with Gasteiger partial charge in [0.05, 0.1) is 12.8 Å². The van der Waals surface area contributed by atoms with Crippen LogP contribution in [-0.4, -0.2) is 51.5 Å². The highest BCUT2D eigenvalue weighted by atomic mass is 16.5. The highest BCUT2D eigenvalue weighted by Gasteiger charge is 2.22. The van der Waals surface area contributed by atoms with E-state index < -0.39 is 0 Å². The Balaban J connectivity index is 1.50. The molecule has 124 valence electrons. The molecule has 24 heavy (non-hydrogen) atoms. The predicted octanol–water partition coefficient (Wildman–Crippen LogP) is 1.61. The molecule has 0 aliphatic carbocycles. The molecule has 0 amide bonds. The molecule has 0 radical (unpaired) electrons. The van der Waals surface area contributed by atoms with Crippen molar-refractivity contribution in [3.63, 3.8) is 0 Å². The number of methoxy groups -OCH3 is 1. The van der Waals surface area contributed by atoms with E-state index in [0.29, 0.717) is 11.7 Å². The molecule has 0 bridgehead atoms. The summed E-state index contributed by atoms with van der Waals surface area (Å²) in [5, 5.41) is 19.2. The molecule has 1 N–H and O–H groups in total. The van der Waals surface area contributed by atoms with Crippen LogP contribution in [0.4, 0.5) is 11.5 Å². The zero-order chi connectivity index (χ0) is 16.4. The number of piperidine rings is 1. The van der Waals surface area contributed by atoms with Gasteiger partial charge in [-0.15, -0.1) is 14.8 Å². The topological polar surface area (TPSA) is 80.5 Å². The lowest BCUT2D eigenvalue weighted by Gasteiger charge is -2.35. The molecular formula is C16H19N7O.